The zero-order chi connectivity index (χ0) is 27.8. The summed E-state index contributed by atoms with van der Waals surface area (Å²) in [6.45, 7) is 5.72. The van der Waals surface area contributed by atoms with E-state index in [4.69, 9.17) is 6.57 Å². The largest absolute Gasteiger partial charge is 0.309 e. The third-order valence-electron chi connectivity index (χ3n) is 7.82. The van der Waals surface area contributed by atoms with Gasteiger partial charge in [0.2, 0.25) is 0 Å². The molecule has 5 aromatic carbocycles. The van der Waals surface area contributed by atoms with Crippen LogP contribution in [0.15, 0.2) is 151 Å². The molecule has 0 radical (unpaired) electrons. The summed E-state index contributed by atoms with van der Waals surface area (Å²) in [6, 6.07) is 48.0. The first-order valence-electron chi connectivity index (χ1n) is 13.4. The van der Waals surface area contributed by atoms with Crippen LogP contribution in [0.25, 0.3) is 37.9 Å². The van der Waals surface area contributed by atoms with E-state index in [-0.39, 0.29) is 0 Å². The van der Waals surface area contributed by atoms with Gasteiger partial charge in [-0.15, -0.1) is 0 Å². The molecule has 0 atom stereocenters. The second-order valence-corrected chi connectivity index (χ2v) is 13.3. The van der Waals surface area contributed by atoms with E-state index in [1.165, 1.54) is 5.39 Å². The number of benzene rings is 5. The van der Waals surface area contributed by atoms with Gasteiger partial charge in [-0.25, -0.2) is 4.85 Å². The molecule has 4 heteroatoms. The number of para-hydroxylation sites is 2. The van der Waals surface area contributed by atoms with Gasteiger partial charge in [-0.05, 0) is 64.2 Å². The van der Waals surface area contributed by atoms with E-state index in [0.29, 0.717) is 10.7 Å². The fourth-order valence-corrected chi connectivity index (χ4v) is 9.86. The van der Waals surface area contributed by atoms with E-state index >= 15 is 0 Å². The van der Waals surface area contributed by atoms with E-state index in [1.54, 1.807) is 0 Å². The van der Waals surface area contributed by atoms with Crippen molar-refractivity contribution in [1.82, 2.24) is 4.57 Å². The van der Waals surface area contributed by atoms with Crippen molar-refractivity contribution in [3.63, 3.8) is 0 Å². The van der Waals surface area contributed by atoms with Crippen LogP contribution in [0.5, 0.6) is 0 Å². The van der Waals surface area contributed by atoms with Crippen LogP contribution in [0.3, 0.4) is 0 Å². The molecule has 0 saturated carbocycles. The summed E-state index contributed by atoms with van der Waals surface area (Å²) >= 11 is 0. The van der Waals surface area contributed by atoms with Crippen molar-refractivity contribution in [2.45, 2.75) is 0 Å². The zero-order valence-electron chi connectivity index (χ0n) is 22.1. The molecule has 192 valence electrons. The Hall–Kier alpha value is -5.34. The SMILES string of the molecule is [C-]#[N+]C1=CC(c2ccc3c(c2)c2ccccc2n3-c2ccccc2)=CC(C#N)=P1(c1ccccc1)c1ccccc1. The van der Waals surface area contributed by atoms with Gasteiger partial charge in [-0.3, -0.25) is 0 Å². The molecule has 1 aliphatic heterocycles. The minimum Gasteiger partial charge on any atom is -0.309 e. The fourth-order valence-electron chi connectivity index (χ4n) is 6.03. The first-order chi connectivity index (χ1) is 20.3. The highest BCUT2D eigenvalue weighted by Crippen LogP contribution is 2.58. The quantitative estimate of drug-likeness (QED) is 0.163. The lowest BCUT2D eigenvalue weighted by atomic mass is 10.0. The maximum atomic E-state index is 10.6. The highest BCUT2D eigenvalue weighted by molar-refractivity contribution is 7.93. The highest BCUT2D eigenvalue weighted by atomic mass is 31.2. The van der Waals surface area contributed by atoms with Crippen LogP contribution in [0.4, 0.5) is 0 Å². The van der Waals surface area contributed by atoms with Crippen molar-refractivity contribution in [2.75, 3.05) is 0 Å². The Labute approximate surface area is 239 Å². The lowest BCUT2D eigenvalue weighted by molar-refractivity contribution is 1.18. The second-order valence-electron chi connectivity index (χ2n) is 9.97. The number of hydrogen-bond acceptors (Lipinski definition) is 1. The van der Waals surface area contributed by atoms with Gasteiger partial charge in [-0.1, -0.05) is 103 Å². The number of fused-ring (bicyclic) bond motifs is 3. The molecule has 1 aliphatic rings. The normalized spacial score (nSPS) is 14.2. The summed E-state index contributed by atoms with van der Waals surface area (Å²) in [5.41, 5.74) is 5.86. The van der Waals surface area contributed by atoms with E-state index in [2.05, 4.69) is 106 Å². The summed E-state index contributed by atoms with van der Waals surface area (Å²) in [5.74, 6) is 0. The second kappa shape index (κ2) is 10.0. The minimum atomic E-state index is -2.61. The van der Waals surface area contributed by atoms with Gasteiger partial charge in [0.05, 0.1) is 29.0 Å². The Morgan fingerprint density at radius 1 is 0.634 bits per heavy atom. The first-order valence-corrected chi connectivity index (χ1v) is 15.2. The number of aromatic nitrogens is 1. The molecule has 0 bridgehead atoms. The zero-order valence-corrected chi connectivity index (χ0v) is 23.0. The molecule has 0 spiro atoms. The molecule has 7 rings (SSSR count). The Morgan fingerprint density at radius 3 is 1.85 bits per heavy atom. The molecule has 41 heavy (non-hydrogen) atoms. The number of hydrogen-bond donors (Lipinski definition) is 0. The Balaban J connectivity index is 1.51. The van der Waals surface area contributed by atoms with Crippen molar-refractivity contribution in [1.29, 1.82) is 5.26 Å². The lowest BCUT2D eigenvalue weighted by Gasteiger charge is -2.31. The molecule has 0 amide bonds. The van der Waals surface area contributed by atoms with Gasteiger partial charge in [0.15, 0.2) is 5.44 Å². The van der Waals surface area contributed by atoms with Crippen LogP contribution >= 0.6 is 6.89 Å². The van der Waals surface area contributed by atoms with Crippen LogP contribution in [0.1, 0.15) is 5.56 Å². The number of nitrogens with zero attached hydrogens (tertiary/aromatic N) is 3. The average molecular weight is 542 g/mol. The van der Waals surface area contributed by atoms with Crippen molar-refractivity contribution in [3.8, 4) is 11.8 Å². The van der Waals surface area contributed by atoms with Crippen LogP contribution in [-0.2, 0) is 0 Å². The minimum absolute atomic E-state index is 0.621. The molecule has 0 unspecified atom stereocenters. The smallest absolute Gasteiger partial charge is 0.196 e. The molecule has 0 aliphatic carbocycles. The highest BCUT2D eigenvalue weighted by Gasteiger charge is 2.34. The average Bonchev–Trinajstić information content (AvgIpc) is 3.39. The van der Waals surface area contributed by atoms with Crippen LogP contribution in [-0.4, -0.2) is 9.86 Å². The van der Waals surface area contributed by atoms with E-state index < -0.39 is 6.89 Å². The fraction of sp³-hybridized carbons (Fsp3) is 0. The topological polar surface area (TPSA) is 33.1 Å². The molecule has 3 nitrogen and oxygen atoms in total. The van der Waals surface area contributed by atoms with Gasteiger partial charge in [0, 0.05) is 23.3 Å². The van der Waals surface area contributed by atoms with Gasteiger partial charge in [-0.2, -0.15) is 5.26 Å². The van der Waals surface area contributed by atoms with Crippen molar-refractivity contribution in [3.05, 3.63) is 168 Å². The summed E-state index contributed by atoms with van der Waals surface area (Å²) < 4.78 is 2.29. The van der Waals surface area contributed by atoms with E-state index in [9.17, 15) is 5.26 Å². The molecule has 6 aromatic rings. The van der Waals surface area contributed by atoms with Gasteiger partial charge in [0.25, 0.3) is 0 Å². The van der Waals surface area contributed by atoms with Crippen molar-refractivity contribution >= 4 is 50.2 Å². The summed E-state index contributed by atoms with van der Waals surface area (Å²) in [4.78, 5) is 4.13. The van der Waals surface area contributed by atoms with Gasteiger partial charge >= 0.3 is 0 Å². The Morgan fingerprint density at radius 2 is 1.22 bits per heavy atom. The Bertz CT molecular complexity index is 2110. The van der Waals surface area contributed by atoms with Gasteiger partial charge in [0.1, 0.15) is 0 Å². The summed E-state index contributed by atoms with van der Waals surface area (Å²) in [5, 5.41) is 15.6. The van der Waals surface area contributed by atoms with Crippen molar-refractivity contribution < 1.29 is 0 Å². The van der Waals surface area contributed by atoms with Crippen LogP contribution in [0.2, 0.25) is 0 Å². The lowest BCUT2D eigenvalue weighted by Crippen LogP contribution is -2.23. The maximum absolute atomic E-state index is 10.6. The van der Waals surface area contributed by atoms with Crippen molar-refractivity contribution in [2.24, 2.45) is 0 Å². The Kier molecular flexibility index (Phi) is 6.02. The predicted molar refractivity (Wildman–Crippen MR) is 173 cm³/mol. The maximum Gasteiger partial charge on any atom is 0.196 e. The summed E-state index contributed by atoms with van der Waals surface area (Å²) in [7, 11) is 0. The van der Waals surface area contributed by atoms with E-state index in [1.807, 2.05) is 54.6 Å². The molecule has 2 heterocycles. The molecule has 0 saturated heterocycles. The molecular weight excluding hydrogens is 517 g/mol. The van der Waals surface area contributed by atoms with E-state index in [0.717, 1.165) is 43.9 Å². The third-order valence-corrected chi connectivity index (χ3v) is 11.8. The molecule has 0 fully saturated rings. The summed E-state index contributed by atoms with van der Waals surface area (Å²) in [6.07, 6.45) is 4.03. The number of nitriles is 1. The van der Waals surface area contributed by atoms with Gasteiger partial charge < -0.3 is 4.57 Å². The first kappa shape index (κ1) is 24.7. The number of allylic oxidation sites excluding steroid dienone is 3. The number of rotatable bonds is 4. The molecular formula is C37H24N3P. The van der Waals surface area contributed by atoms with Crippen LogP contribution in [0, 0.1) is 17.9 Å². The monoisotopic (exact) mass is 541 g/mol. The predicted octanol–water partition coefficient (Wildman–Crippen LogP) is 8.31. The third kappa shape index (κ3) is 3.80. The standard InChI is InChI=1S/C37H24N3P/c1-39-37-25-28(23-32(26-38)41(37,30-15-7-3-8-16-30)31-17-9-4-10-18-31)27-21-22-36-34(24-27)33-19-11-12-20-35(33)40(36)29-13-5-2-6-14-29/h2-25H. The van der Waals surface area contributed by atoms with Crippen LogP contribution < -0.4 is 10.6 Å². The molecule has 1 aromatic heterocycles. The molecule has 0 N–H and O–H groups in total.